The van der Waals surface area contributed by atoms with Gasteiger partial charge in [0, 0.05) is 14.1 Å². The second-order valence-electron chi connectivity index (χ2n) is 4.08. The standard InChI is InChI=1S/C11H16N2O5S/c1-13(2)19(17,18)12-9(11(15)16)10(14)8-6-4-3-5-7-8/h3-7,9-10,12,14H,1-2H3,(H,15,16). The minimum Gasteiger partial charge on any atom is -0.480 e. The molecule has 1 aromatic rings. The minimum atomic E-state index is -3.95. The number of aliphatic carboxylic acids is 1. The predicted molar refractivity (Wildman–Crippen MR) is 68.6 cm³/mol. The number of rotatable bonds is 6. The number of carboxylic acids is 1. The van der Waals surface area contributed by atoms with Crippen molar-refractivity contribution in [2.45, 2.75) is 12.1 Å². The first kappa shape index (κ1) is 15.6. The van der Waals surface area contributed by atoms with Crippen molar-refractivity contribution in [3.05, 3.63) is 35.9 Å². The molecule has 0 bridgehead atoms. The molecule has 0 spiro atoms. The van der Waals surface area contributed by atoms with Crippen LogP contribution in [0.5, 0.6) is 0 Å². The van der Waals surface area contributed by atoms with Crippen LogP contribution in [0.1, 0.15) is 11.7 Å². The van der Waals surface area contributed by atoms with E-state index in [9.17, 15) is 18.3 Å². The lowest BCUT2D eigenvalue weighted by Gasteiger charge is -2.22. The molecule has 0 radical (unpaired) electrons. The van der Waals surface area contributed by atoms with E-state index in [0.29, 0.717) is 5.56 Å². The molecule has 2 atom stereocenters. The van der Waals surface area contributed by atoms with Crippen molar-refractivity contribution in [1.82, 2.24) is 9.03 Å². The normalized spacial score (nSPS) is 15.2. The van der Waals surface area contributed by atoms with Gasteiger partial charge in [-0.15, -0.1) is 0 Å². The molecule has 0 aliphatic heterocycles. The Balaban J connectivity index is 3.00. The number of hydrogen-bond donors (Lipinski definition) is 3. The first-order valence-corrected chi connectivity index (χ1v) is 6.85. The Hall–Kier alpha value is -1.48. The van der Waals surface area contributed by atoms with Crippen LogP contribution in [0.25, 0.3) is 0 Å². The lowest BCUT2D eigenvalue weighted by atomic mass is 10.0. The van der Waals surface area contributed by atoms with E-state index < -0.39 is 28.3 Å². The SMILES string of the molecule is CN(C)S(=O)(=O)NC(C(=O)O)C(O)c1ccccc1. The fourth-order valence-corrected chi connectivity index (χ4v) is 2.12. The molecule has 0 heterocycles. The Morgan fingerprint density at radius 1 is 1.26 bits per heavy atom. The lowest BCUT2D eigenvalue weighted by molar-refractivity contribution is -0.142. The second kappa shape index (κ2) is 6.11. The van der Waals surface area contributed by atoms with Crippen LogP contribution in [-0.4, -0.2) is 49.0 Å². The molecule has 19 heavy (non-hydrogen) atoms. The highest BCUT2D eigenvalue weighted by molar-refractivity contribution is 7.87. The maximum atomic E-state index is 11.6. The van der Waals surface area contributed by atoms with E-state index in [1.807, 2.05) is 4.72 Å². The largest absolute Gasteiger partial charge is 0.480 e. The monoisotopic (exact) mass is 288 g/mol. The van der Waals surface area contributed by atoms with Crippen molar-refractivity contribution < 1.29 is 23.4 Å². The molecule has 0 saturated heterocycles. The molecule has 0 aliphatic rings. The summed E-state index contributed by atoms with van der Waals surface area (Å²) in [6.07, 6.45) is -1.48. The molecular weight excluding hydrogens is 272 g/mol. The third-order valence-electron chi connectivity index (χ3n) is 2.48. The Labute approximate surface area is 111 Å². The maximum Gasteiger partial charge on any atom is 0.324 e. The van der Waals surface area contributed by atoms with Crippen LogP contribution in [0.4, 0.5) is 0 Å². The average molecular weight is 288 g/mol. The number of nitrogens with one attached hydrogen (secondary N) is 1. The lowest BCUT2D eigenvalue weighted by Crippen LogP contribution is -2.48. The third kappa shape index (κ3) is 4.00. The van der Waals surface area contributed by atoms with E-state index in [-0.39, 0.29) is 0 Å². The molecule has 0 aromatic heterocycles. The van der Waals surface area contributed by atoms with Gasteiger partial charge in [-0.05, 0) is 5.56 Å². The summed E-state index contributed by atoms with van der Waals surface area (Å²) >= 11 is 0. The summed E-state index contributed by atoms with van der Waals surface area (Å²) in [7, 11) is -1.43. The van der Waals surface area contributed by atoms with E-state index in [1.54, 1.807) is 18.2 Å². The molecule has 2 unspecified atom stereocenters. The highest BCUT2D eigenvalue weighted by atomic mass is 32.2. The number of aliphatic hydroxyl groups is 1. The Bertz CT molecular complexity index is 529. The van der Waals surface area contributed by atoms with Gasteiger partial charge in [0.2, 0.25) is 0 Å². The van der Waals surface area contributed by atoms with Crippen molar-refractivity contribution in [3.8, 4) is 0 Å². The van der Waals surface area contributed by atoms with Gasteiger partial charge in [0.25, 0.3) is 10.2 Å². The highest BCUT2D eigenvalue weighted by Gasteiger charge is 2.32. The van der Waals surface area contributed by atoms with Gasteiger partial charge in [-0.1, -0.05) is 30.3 Å². The predicted octanol–water partition coefficient (Wildman–Crippen LogP) is -0.431. The molecular formula is C11H16N2O5S. The smallest absolute Gasteiger partial charge is 0.324 e. The molecule has 0 amide bonds. The van der Waals surface area contributed by atoms with Crippen molar-refractivity contribution >= 4 is 16.2 Å². The maximum absolute atomic E-state index is 11.6. The van der Waals surface area contributed by atoms with E-state index >= 15 is 0 Å². The van der Waals surface area contributed by atoms with Crippen LogP contribution in [-0.2, 0) is 15.0 Å². The fraction of sp³-hybridized carbons (Fsp3) is 0.364. The van der Waals surface area contributed by atoms with Crippen molar-refractivity contribution in [2.75, 3.05) is 14.1 Å². The molecule has 8 heteroatoms. The quantitative estimate of drug-likeness (QED) is 0.658. The van der Waals surface area contributed by atoms with Gasteiger partial charge in [0.1, 0.15) is 6.10 Å². The topological polar surface area (TPSA) is 107 Å². The zero-order valence-electron chi connectivity index (χ0n) is 10.5. The van der Waals surface area contributed by atoms with Crippen LogP contribution in [0.2, 0.25) is 0 Å². The zero-order valence-corrected chi connectivity index (χ0v) is 11.3. The number of nitrogens with zero attached hydrogens (tertiary/aromatic N) is 1. The summed E-state index contributed by atoms with van der Waals surface area (Å²) in [5.41, 5.74) is 0.316. The fourth-order valence-electron chi connectivity index (χ4n) is 1.36. The van der Waals surface area contributed by atoms with Crippen LogP contribution in [0, 0.1) is 0 Å². The number of aliphatic hydroxyl groups excluding tert-OH is 1. The van der Waals surface area contributed by atoms with Crippen LogP contribution >= 0.6 is 0 Å². The molecule has 0 aliphatic carbocycles. The summed E-state index contributed by atoms with van der Waals surface area (Å²) in [6, 6.07) is 6.33. The Morgan fingerprint density at radius 2 is 1.79 bits per heavy atom. The zero-order chi connectivity index (χ0) is 14.6. The van der Waals surface area contributed by atoms with Gasteiger partial charge in [0.05, 0.1) is 0 Å². The number of carbonyl (C=O) groups is 1. The molecule has 1 aromatic carbocycles. The number of benzene rings is 1. The van der Waals surface area contributed by atoms with Crippen LogP contribution < -0.4 is 4.72 Å². The van der Waals surface area contributed by atoms with Crippen molar-refractivity contribution in [1.29, 1.82) is 0 Å². The summed E-state index contributed by atoms with van der Waals surface area (Å²) in [5, 5.41) is 19.0. The van der Waals surface area contributed by atoms with E-state index in [4.69, 9.17) is 5.11 Å². The van der Waals surface area contributed by atoms with Gasteiger partial charge >= 0.3 is 5.97 Å². The van der Waals surface area contributed by atoms with Gasteiger partial charge < -0.3 is 10.2 Å². The van der Waals surface area contributed by atoms with Gasteiger partial charge in [-0.2, -0.15) is 17.4 Å². The third-order valence-corrected chi connectivity index (χ3v) is 3.99. The number of carboxylic acid groups (broad SMARTS) is 1. The summed E-state index contributed by atoms with van der Waals surface area (Å²) in [4.78, 5) is 11.1. The molecule has 106 valence electrons. The average Bonchev–Trinajstić information content (AvgIpc) is 2.35. The number of hydrogen-bond acceptors (Lipinski definition) is 4. The molecule has 0 fully saturated rings. The van der Waals surface area contributed by atoms with Crippen LogP contribution in [0.3, 0.4) is 0 Å². The van der Waals surface area contributed by atoms with Gasteiger partial charge in [-0.3, -0.25) is 4.79 Å². The van der Waals surface area contributed by atoms with Crippen LogP contribution in [0.15, 0.2) is 30.3 Å². The summed E-state index contributed by atoms with van der Waals surface area (Å²) < 4.78 is 26.0. The second-order valence-corrected chi connectivity index (χ2v) is 5.99. The molecule has 3 N–H and O–H groups in total. The van der Waals surface area contributed by atoms with E-state index in [0.717, 1.165) is 4.31 Å². The van der Waals surface area contributed by atoms with Gasteiger partial charge in [0.15, 0.2) is 6.04 Å². The van der Waals surface area contributed by atoms with Gasteiger partial charge in [-0.25, -0.2) is 0 Å². The Kier molecular flexibility index (Phi) is 5.01. The van der Waals surface area contributed by atoms with Crippen molar-refractivity contribution in [3.63, 3.8) is 0 Å². The molecule has 7 nitrogen and oxygen atoms in total. The first-order valence-electron chi connectivity index (χ1n) is 5.41. The minimum absolute atomic E-state index is 0.316. The van der Waals surface area contributed by atoms with E-state index in [1.165, 1.54) is 26.2 Å². The molecule has 1 rings (SSSR count). The first-order chi connectivity index (χ1) is 8.75. The highest BCUT2D eigenvalue weighted by Crippen LogP contribution is 2.17. The van der Waals surface area contributed by atoms with E-state index in [2.05, 4.69) is 0 Å². The Morgan fingerprint density at radius 3 is 2.21 bits per heavy atom. The summed E-state index contributed by atoms with van der Waals surface area (Å²) in [6.45, 7) is 0. The summed E-state index contributed by atoms with van der Waals surface area (Å²) in [5.74, 6) is -1.46. The molecule has 0 saturated carbocycles. The van der Waals surface area contributed by atoms with Crippen molar-refractivity contribution in [2.24, 2.45) is 0 Å².